The Bertz CT molecular complexity index is 676. The number of aromatic nitrogens is 1. The Labute approximate surface area is 139 Å². The molecule has 0 amide bonds. The quantitative estimate of drug-likeness (QED) is 0.808. The van der Waals surface area contributed by atoms with Gasteiger partial charge in [0.15, 0.2) is 0 Å². The van der Waals surface area contributed by atoms with Crippen LogP contribution in [0.3, 0.4) is 0 Å². The van der Waals surface area contributed by atoms with E-state index in [0.717, 1.165) is 38.1 Å². The second-order valence-corrected chi connectivity index (χ2v) is 7.30. The number of fused-ring (bicyclic) bond motifs is 1. The summed E-state index contributed by atoms with van der Waals surface area (Å²) < 4.78 is 6.35. The van der Waals surface area contributed by atoms with E-state index in [1.54, 1.807) is 11.3 Å². The molecule has 4 rings (SSSR count). The number of hydrogen-bond donors (Lipinski definition) is 0. The maximum Gasteiger partial charge on any atom is 0.323 e. The van der Waals surface area contributed by atoms with Crippen LogP contribution in [0.5, 0.6) is 0 Å². The van der Waals surface area contributed by atoms with Crippen molar-refractivity contribution in [3.8, 4) is 0 Å². The number of carbonyl (C=O) groups excluding carboxylic acids is 1. The van der Waals surface area contributed by atoms with Gasteiger partial charge < -0.3 is 4.74 Å². The highest BCUT2D eigenvalue weighted by atomic mass is 32.1. The fraction of sp³-hybridized carbons (Fsp3) is 0.529. The summed E-state index contributed by atoms with van der Waals surface area (Å²) in [5.41, 5.74) is 1.09. The Hall–Kier alpha value is -1.50. The summed E-state index contributed by atoms with van der Waals surface area (Å²) in [5.74, 6) is -0.0438. The van der Waals surface area contributed by atoms with Crippen LogP contribution in [0.2, 0.25) is 0 Å². The highest BCUT2D eigenvalue weighted by Gasteiger charge is 2.35. The van der Waals surface area contributed by atoms with Gasteiger partial charge in [-0.1, -0.05) is 12.1 Å². The zero-order valence-corrected chi connectivity index (χ0v) is 14.1. The van der Waals surface area contributed by atoms with Crippen molar-refractivity contribution in [2.45, 2.75) is 25.4 Å². The summed E-state index contributed by atoms with van der Waals surface area (Å²) >= 11 is 1.79. The maximum absolute atomic E-state index is 11.7. The average molecular weight is 331 g/mol. The highest BCUT2D eigenvalue weighted by Crippen LogP contribution is 2.30. The molecule has 0 N–H and O–H groups in total. The third kappa shape index (κ3) is 2.86. The van der Waals surface area contributed by atoms with Gasteiger partial charge >= 0.3 is 5.97 Å². The molecular formula is C17H21N3O2S. The Balaban J connectivity index is 1.42. The molecule has 0 aliphatic carbocycles. The van der Waals surface area contributed by atoms with Crippen molar-refractivity contribution in [2.24, 2.45) is 0 Å². The Kier molecular flexibility index (Phi) is 4.05. The smallest absolute Gasteiger partial charge is 0.323 e. The van der Waals surface area contributed by atoms with Gasteiger partial charge in [0.1, 0.15) is 11.0 Å². The molecule has 1 aromatic carbocycles. The second-order valence-electron chi connectivity index (χ2n) is 6.24. The lowest BCUT2D eigenvalue weighted by Crippen LogP contribution is -2.52. The van der Waals surface area contributed by atoms with Crippen molar-refractivity contribution in [3.05, 3.63) is 29.3 Å². The highest BCUT2D eigenvalue weighted by molar-refractivity contribution is 7.18. The van der Waals surface area contributed by atoms with E-state index in [1.807, 2.05) is 6.07 Å². The van der Waals surface area contributed by atoms with Crippen LogP contribution in [0.4, 0.5) is 0 Å². The molecule has 122 valence electrons. The van der Waals surface area contributed by atoms with Crippen LogP contribution >= 0.6 is 11.3 Å². The fourth-order valence-electron chi connectivity index (χ4n) is 3.48. The van der Waals surface area contributed by atoms with Crippen molar-refractivity contribution in [3.63, 3.8) is 0 Å². The number of nitrogens with zero attached hydrogens (tertiary/aromatic N) is 3. The predicted molar refractivity (Wildman–Crippen MR) is 90.5 cm³/mol. The molecule has 2 fully saturated rings. The van der Waals surface area contributed by atoms with Gasteiger partial charge in [0.2, 0.25) is 0 Å². The van der Waals surface area contributed by atoms with Gasteiger partial charge in [0, 0.05) is 32.6 Å². The Morgan fingerprint density at radius 2 is 2.04 bits per heavy atom. The first-order valence-corrected chi connectivity index (χ1v) is 9.04. The van der Waals surface area contributed by atoms with Crippen LogP contribution < -0.4 is 0 Å². The molecule has 1 aromatic heterocycles. The molecule has 2 atom stereocenters. The zero-order chi connectivity index (χ0) is 15.8. The molecule has 0 bridgehead atoms. The van der Waals surface area contributed by atoms with Gasteiger partial charge in [-0.25, -0.2) is 4.98 Å². The summed E-state index contributed by atoms with van der Waals surface area (Å²) in [7, 11) is 0. The van der Waals surface area contributed by atoms with Crippen LogP contribution in [-0.2, 0) is 9.53 Å². The lowest BCUT2D eigenvalue weighted by Gasteiger charge is -2.38. The van der Waals surface area contributed by atoms with Gasteiger partial charge in [0.05, 0.1) is 22.9 Å². The summed E-state index contributed by atoms with van der Waals surface area (Å²) in [4.78, 5) is 21.3. The average Bonchev–Trinajstić information content (AvgIpc) is 3.20. The first-order chi connectivity index (χ1) is 11.2. The molecular weight excluding hydrogens is 310 g/mol. The molecule has 2 saturated heterocycles. The number of benzene rings is 1. The summed E-state index contributed by atoms with van der Waals surface area (Å²) in [6.07, 6.45) is 0.840. The van der Waals surface area contributed by atoms with Gasteiger partial charge in [-0.2, -0.15) is 0 Å². The topological polar surface area (TPSA) is 45.7 Å². The van der Waals surface area contributed by atoms with Crippen LogP contribution in [0, 0.1) is 0 Å². The van der Waals surface area contributed by atoms with E-state index in [-0.39, 0.29) is 12.0 Å². The van der Waals surface area contributed by atoms with Gasteiger partial charge in [-0.3, -0.25) is 14.6 Å². The summed E-state index contributed by atoms with van der Waals surface area (Å²) in [6.45, 7) is 6.61. The molecule has 3 heterocycles. The fourth-order valence-corrected chi connectivity index (χ4v) is 4.53. The Morgan fingerprint density at radius 1 is 1.26 bits per heavy atom. The van der Waals surface area contributed by atoms with Gasteiger partial charge in [0.25, 0.3) is 0 Å². The van der Waals surface area contributed by atoms with Crippen LogP contribution in [0.1, 0.15) is 24.4 Å². The molecule has 0 saturated carbocycles. The maximum atomic E-state index is 11.7. The van der Waals surface area contributed by atoms with Crippen LogP contribution in [-0.4, -0.2) is 59.6 Å². The van der Waals surface area contributed by atoms with Gasteiger partial charge in [-0.05, 0) is 19.1 Å². The van der Waals surface area contributed by atoms with Crippen molar-refractivity contribution in [1.82, 2.24) is 14.8 Å². The number of piperazine rings is 1. The van der Waals surface area contributed by atoms with Crippen molar-refractivity contribution in [2.75, 3.05) is 32.8 Å². The molecule has 5 nitrogen and oxygen atoms in total. The van der Waals surface area contributed by atoms with E-state index >= 15 is 0 Å². The lowest BCUT2D eigenvalue weighted by atomic mass is 10.1. The molecule has 2 aliphatic heterocycles. The SMILES string of the molecule is C[C@@H](c1nc2ccccc2s1)N1CCN([C@H]2CCOC2=O)CC1. The zero-order valence-electron chi connectivity index (χ0n) is 13.3. The third-order valence-corrected chi connectivity index (χ3v) is 6.12. The lowest BCUT2D eigenvalue weighted by molar-refractivity contribution is -0.142. The number of cyclic esters (lactones) is 1. The number of hydrogen-bond acceptors (Lipinski definition) is 6. The molecule has 2 aromatic rings. The minimum absolute atomic E-state index is 0.0186. The molecule has 0 unspecified atom stereocenters. The van der Waals surface area contributed by atoms with Gasteiger partial charge in [-0.15, -0.1) is 11.3 Å². The molecule has 6 heteroatoms. The number of para-hydroxylation sites is 1. The molecule has 23 heavy (non-hydrogen) atoms. The van der Waals surface area contributed by atoms with E-state index in [0.29, 0.717) is 12.6 Å². The van der Waals surface area contributed by atoms with E-state index in [9.17, 15) is 4.79 Å². The van der Waals surface area contributed by atoms with E-state index in [2.05, 4.69) is 34.9 Å². The third-order valence-electron chi connectivity index (χ3n) is 4.91. The number of carbonyl (C=O) groups is 1. The Morgan fingerprint density at radius 3 is 2.74 bits per heavy atom. The van der Waals surface area contributed by atoms with Crippen molar-refractivity contribution < 1.29 is 9.53 Å². The monoisotopic (exact) mass is 331 g/mol. The summed E-state index contributed by atoms with van der Waals surface area (Å²) in [5, 5.41) is 1.18. The predicted octanol–water partition coefficient (Wildman–Crippen LogP) is 2.29. The van der Waals surface area contributed by atoms with Crippen LogP contribution in [0.25, 0.3) is 10.2 Å². The van der Waals surface area contributed by atoms with Crippen molar-refractivity contribution in [1.29, 1.82) is 0 Å². The second kappa shape index (κ2) is 6.19. The number of thiazole rings is 1. The minimum atomic E-state index is -0.0438. The van der Waals surface area contributed by atoms with E-state index in [1.165, 1.54) is 9.71 Å². The number of esters is 1. The largest absolute Gasteiger partial charge is 0.464 e. The normalized spacial score (nSPS) is 24.9. The number of ether oxygens (including phenoxy) is 1. The first-order valence-electron chi connectivity index (χ1n) is 8.22. The first kappa shape index (κ1) is 15.1. The molecule has 0 radical (unpaired) electrons. The summed E-state index contributed by atoms with van der Waals surface area (Å²) in [6, 6.07) is 8.61. The van der Waals surface area contributed by atoms with E-state index in [4.69, 9.17) is 9.72 Å². The van der Waals surface area contributed by atoms with Crippen molar-refractivity contribution >= 4 is 27.5 Å². The standard InChI is InChI=1S/C17H21N3O2S/c1-12(16-18-13-4-2-3-5-15(13)23-16)19-7-9-20(10-8-19)14-6-11-22-17(14)21/h2-5,12,14H,6-11H2,1H3/t12-,14-/m0/s1. The minimum Gasteiger partial charge on any atom is -0.464 e. The molecule has 2 aliphatic rings. The molecule has 0 spiro atoms. The number of rotatable bonds is 3. The van der Waals surface area contributed by atoms with E-state index < -0.39 is 0 Å². The van der Waals surface area contributed by atoms with Crippen LogP contribution in [0.15, 0.2) is 24.3 Å².